The average Bonchev–Trinajstić information content (AvgIpc) is 2.85. The Labute approximate surface area is 124 Å². The van der Waals surface area contributed by atoms with Gasteiger partial charge in [0.1, 0.15) is 11.4 Å². The maximum absolute atomic E-state index is 10.7. The summed E-state index contributed by atoms with van der Waals surface area (Å²) >= 11 is 0. The van der Waals surface area contributed by atoms with Crippen LogP contribution >= 0.6 is 0 Å². The van der Waals surface area contributed by atoms with E-state index in [0.29, 0.717) is 19.6 Å². The summed E-state index contributed by atoms with van der Waals surface area (Å²) in [7, 11) is 1.64. The van der Waals surface area contributed by atoms with E-state index in [9.17, 15) is 15.3 Å². The van der Waals surface area contributed by atoms with Crippen LogP contribution in [0.2, 0.25) is 0 Å². The fourth-order valence-electron chi connectivity index (χ4n) is 3.93. The summed E-state index contributed by atoms with van der Waals surface area (Å²) in [5.74, 6) is 0.489. The Morgan fingerprint density at radius 3 is 2.71 bits per heavy atom. The van der Waals surface area contributed by atoms with Crippen molar-refractivity contribution in [2.45, 2.75) is 37.2 Å². The molecule has 1 aliphatic carbocycles. The molecule has 0 bridgehead atoms. The second-order valence-corrected chi connectivity index (χ2v) is 6.60. The number of rotatable bonds is 3. The van der Waals surface area contributed by atoms with Crippen LogP contribution in [0.4, 0.5) is 0 Å². The number of aliphatic hydroxyl groups is 3. The lowest BCUT2D eigenvalue weighted by atomic mass is 9.87. The summed E-state index contributed by atoms with van der Waals surface area (Å²) in [4.78, 5) is 2.07. The van der Waals surface area contributed by atoms with Gasteiger partial charge in [-0.3, -0.25) is 4.90 Å². The molecule has 0 aromatic heterocycles. The van der Waals surface area contributed by atoms with Crippen molar-refractivity contribution >= 4 is 0 Å². The van der Waals surface area contributed by atoms with E-state index in [1.807, 2.05) is 24.3 Å². The number of aliphatic hydroxyl groups excluding tert-OH is 1. The topological polar surface area (TPSA) is 73.2 Å². The van der Waals surface area contributed by atoms with Gasteiger partial charge in [0.25, 0.3) is 0 Å². The van der Waals surface area contributed by atoms with Gasteiger partial charge in [-0.15, -0.1) is 0 Å². The third-order valence-corrected chi connectivity index (χ3v) is 5.04. The third kappa shape index (κ3) is 2.34. The average molecular weight is 293 g/mol. The first-order chi connectivity index (χ1) is 9.87. The lowest BCUT2D eigenvalue weighted by Gasteiger charge is -2.28. The van der Waals surface area contributed by atoms with Crippen molar-refractivity contribution in [3.8, 4) is 5.75 Å². The Kier molecular flexibility index (Phi) is 3.48. The van der Waals surface area contributed by atoms with E-state index < -0.39 is 17.3 Å². The molecule has 5 nitrogen and oxygen atoms in total. The van der Waals surface area contributed by atoms with Gasteiger partial charge in [0, 0.05) is 37.5 Å². The minimum absolute atomic E-state index is 0.233. The van der Waals surface area contributed by atoms with Gasteiger partial charge in [-0.05, 0) is 13.0 Å². The van der Waals surface area contributed by atoms with E-state index in [1.54, 1.807) is 14.0 Å². The van der Waals surface area contributed by atoms with Gasteiger partial charge in [0.05, 0.1) is 18.8 Å². The quantitative estimate of drug-likeness (QED) is 0.751. The van der Waals surface area contributed by atoms with Gasteiger partial charge in [-0.25, -0.2) is 0 Å². The number of hydrogen-bond acceptors (Lipinski definition) is 5. The fourth-order valence-corrected chi connectivity index (χ4v) is 3.93. The number of benzene rings is 1. The maximum Gasteiger partial charge on any atom is 0.123 e. The Hall–Kier alpha value is -1.14. The van der Waals surface area contributed by atoms with E-state index in [2.05, 4.69) is 4.90 Å². The first kappa shape index (κ1) is 14.8. The third-order valence-electron chi connectivity index (χ3n) is 5.04. The zero-order valence-corrected chi connectivity index (χ0v) is 12.5. The molecule has 1 aromatic carbocycles. The molecule has 0 amide bonds. The second kappa shape index (κ2) is 4.95. The summed E-state index contributed by atoms with van der Waals surface area (Å²) in [6.07, 6.45) is -0.642. The van der Waals surface area contributed by atoms with E-state index in [0.717, 1.165) is 11.3 Å². The number of methoxy groups -OCH3 is 1. The molecule has 1 heterocycles. The normalized spacial score (nSPS) is 39.5. The molecule has 3 N–H and O–H groups in total. The Morgan fingerprint density at radius 2 is 2.05 bits per heavy atom. The van der Waals surface area contributed by atoms with Gasteiger partial charge in [-0.1, -0.05) is 18.2 Å². The second-order valence-electron chi connectivity index (χ2n) is 6.60. The molecule has 1 aromatic rings. The zero-order valence-electron chi connectivity index (χ0n) is 12.5. The van der Waals surface area contributed by atoms with E-state index >= 15 is 0 Å². The van der Waals surface area contributed by atoms with Gasteiger partial charge in [0.15, 0.2) is 0 Å². The van der Waals surface area contributed by atoms with Crippen molar-refractivity contribution in [2.24, 2.45) is 5.92 Å². The molecule has 5 heteroatoms. The Balaban J connectivity index is 1.79. The minimum Gasteiger partial charge on any atom is -0.496 e. The van der Waals surface area contributed by atoms with Gasteiger partial charge >= 0.3 is 0 Å². The molecule has 3 rings (SSSR count). The predicted octanol–water partition coefficient (Wildman–Crippen LogP) is 0.374. The molecule has 1 aliphatic heterocycles. The molecule has 2 aliphatic rings. The van der Waals surface area contributed by atoms with Crippen molar-refractivity contribution in [2.75, 3.05) is 20.2 Å². The number of ether oxygens (including phenoxy) is 1. The van der Waals surface area contributed by atoms with E-state index in [-0.39, 0.29) is 12.3 Å². The number of nitrogens with zero attached hydrogens (tertiary/aromatic N) is 1. The van der Waals surface area contributed by atoms with Crippen molar-refractivity contribution < 1.29 is 20.1 Å². The van der Waals surface area contributed by atoms with Crippen LogP contribution in [0.25, 0.3) is 0 Å². The summed E-state index contributed by atoms with van der Waals surface area (Å²) in [5, 5.41) is 31.3. The smallest absolute Gasteiger partial charge is 0.123 e. The number of likely N-dealkylation sites (tertiary alicyclic amines) is 1. The molecule has 116 valence electrons. The molecule has 0 radical (unpaired) electrons. The highest BCUT2D eigenvalue weighted by molar-refractivity contribution is 5.33. The van der Waals surface area contributed by atoms with Crippen molar-refractivity contribution in [3.63, 3.8) is 0 Å². The molecule has 0 unspecified atom stereocenters. The van der Waals surface area contributed by atoms with Crippen LogP contribution in [-0.2, 0) is 6.54 Å². The van der Waals surface area contributed by atoms with Gasteiger partial charge in [-0.2, -0.15) is 0 Å². The highest BCUT2D eigenvalue weighted by Gasteiger charge is 2.63. The van der Waals surface area contributed by atoms with Crippen LogP contribution in [0.5, 0.6) is 5.75 Å². The number of β-amino-alcohol motifs (C(OH)–C–C–N with tert-alkyl or cyclic N) is 1. The Bertz CT molecular complexity index is 533. The first-order valence-electron chi connectivity index (χ1n) is 7.34. The van der Waals surface area contributed by atoms with Crippen LogP contribution in [0.3, 0.4) is 0 Å². The molecule has 21 heavy (non-hydrogen) atoms. The van der Waals surface area contributed by atoms with Crippen LogP contribution in [-0.4, -0.2) is 57.7 Å². The molecule has 2 fully saturated rings. The highest BCUT2D eigenvalue weighted by Crippen LogP contribution is 2.48. The van der Waals surface area contributed by atoms with Gasteiger partial charge < -0.3 is 20.1 Å². The SMILES string of the molecule is COc1ccccc1CN1C[C@H]2[C@@](O)(C1)[C@H](O)C[C@]2(C)O. The lowest BCUT2D eigenvalue weighted by molar-refractivity contribution is -0.0720. The summed E-state index contributed by atoms with van der Waals surface area (Å²) in [5.41, 5.74) is -1.20. The van der Waals surface area contributed by atoms with Crippen molar-refractivity contribution in [1.29, 1.82) is 0 Å². The monoisotopic (exact) mass is 293 g/mol. The molecule has 0 spiro atoms. The lowest BCUT2D eigenvalue weighted by Crippen LogP contribution is -2.46. The summed E-state index contributed by atoms with van der Waals surface area (Å²) < 4.78 is 5.35. The first-order valence-corrected chi connectivity index (χ1v) is 7.34. The van der Waals surface area contributed by atoms with Crippen LogP contribution < -0.4 is 4.74 Å². The summed E-state index contributed by atoms with van der Waals surface area (Å²) in [6.45, 7) is 3.27. The molecule has 1 saturated heterocycles. The molecular weight excluding hydrogens is 270 g/mol. The maximum atomic E-state index is 10.7. The number of fused-ring (bicyclic) bond motifs is 1. The van der Waals surface area contributed by atoms with Crippen molar-refractivity contribution in [3.05, 3.63) is 29.8 Å². The zero-order chi connectivity index (χ0) is 15.3. The molecule has 1 saturated carbocycles. The van der Waals surface area contributed by atoms with Crippen LogP contribution in [0.1, 0.15) is 18.9 Å². The standard InChI is InChI=1S/C16H23NO4/c1-15(19)7-14(18)16(20)10-17(9-13(15)16)8-11-5-3-4-6-12(11)21-2/h3-6,13-14,18-20H,7-10H2,1-2H3/t13-,14-,15+,16+/m1/s1. The predicted molar refractivity (Wildman–Crippen MR) is 78.0 cm³/mol. The molecular formula is C16H23NO4. The van der Waals surface area contributed by atoms with E-state index in [4.69, 9.17) is 4.74 Å². The number of hydrogen-bond donors (Lipinski definition) is 3. The van der Waals surface area contributed by atoms with Crippen LogP contribution in [0.15, 0.2) is 24.3 Å². The van der Waals surface area contributed by atoms with Crippen LogP contribution in [0, 0.1) is 5.92 Å². The Morgan fingerprint density at radius 1 is 1.33 bits per heavy atom. The van der Waals surface area contributed by atoms with Crippen molar-refractivity contribution in [1.82, 2.24) is 4.90 Å². The van der Waals surface area contributed by atoms with Gasteiger partial charge in [0.2, 0.25) is 0 Å². The minimum atomic E-state index is -1.22. The highest BCUT2D eigenvalue weighted by atomic mass is 16.5. The fraction of sp³-hybridized carbons (Fsp3) is 0.625. The molecule has 4 atom stereocenters. The number of para-hydroxylation sites is 1. The van der Waals surface area contributed by atoms with E-state index in [1.165, 1.54) is 0 Å². The largest absolute Gasteiger partial charge is 0.496 e. The summed E-state index contributed by atoms with van der Waals surface area (Å²) in [6, 6.07) is 7.77.